The van der Waals surface area contributed by atoms with Crippen LogP contribution in [0.1, 0.15) is 28.4 Å². The average Bonchev–Trinajstić information content (AvgIpc) is 3.50. The van der Waals surface area contributed by atoms with E-state index in [9.17, 15) is 29.4 Å². The molecule has 1 spiro atoms. The maximum Gasteiger partial charge on any atom is 0.338 e. The summed E-state index contributed by atoms with van der Waals surface area (Å²) in [7, 11) is 0. The van der Waals surface area contributed by atoms with E-state index in [2.05, 4.69) is 10.6 Å². The number of benzene rings is 3. The van der Waals surface area contributed by atoms with E-state index in [1.165, 1.54) is 36.4 Å². The molecule has 198 valence electrons. The molecule has 0 aliphatic carbocycles. The van der Waals surface area contributed by atoms with Crippen molar-refractivity contribution in [3.63, 3.8) is 0 Å². The number of phenols is 2. The number of carbonyl (C=O) groups excluding carboxylic acids is 4. The van der Waals surface area contributed by atoms with E-state index in [-0.39, 0.29) is 35.8 Å². The van der Waals surface area contributed by atoms with Gasteiger partial charge in [0, 0.05) is 17.3 Å². The second kappa shape index (κ2) is 8.95. The van der Waals surface area contributed by atoms with E-state index in [1.54, 1.807) is 37.3 Å². The van der Waals surface area contributed by atoms with Crippen LogP contribution in [0.25, 0.3) is 0 Å². The Labute approximate surface area is 223 Å². The second-order valence-electron chi connectivity index (χ2n) is 9.87. The molecule has 3 heterocycles. The summed E-state index contributed by atoms with van der Waals surface area (Å²) < 4.78 is 5.02. The molecular formula is C29H25N3O7. The van der Waals surface area contributed by atoms with Gasteiger partial charge in [-0.15, -0.1) is 0 Å². The molecule has 10 heteroatoms. The lowest BCUT2D eigenvalue weighted by atomic mass is 9.76. The summed E-state index contributed by atoms with van der Waals surface area (Å²) in [6, 6.07) is 16.8. The summed E-state index contributed by atoms with van der Waals surface area (Å²) in [6.07, 6.45) is 0.209. The van der Waals surface area contributed by atoms with Gasteiger partial charge in [0.2, 0.25) is 17.7 Å². The first kappa shape index (κ1) is 24.6. The molecule has 3 amide bonds. The Bertz CT molecular complexity index is 1540. The zero-order chi connectivity index (χ0) is 27.5. The number of carbonyl (C=O) groups is 4. The van der Waals surface area contributed by atoms with Gasteiger partial charge in [-0.3, -0.25) is 19.7 Å². The van der Waals surface area contributed by atoms with Gasteiger partial charge in [0.1, 0.15) is 5.54 Å². The maximum absolute atomic E-state index is 14.1. The topological polar surface area (TPSA) is 145 Å². The number of imide groups is 1. The molecule has 6 rings (SSSR count). The van der Waals surface area contributed by atoms with Crippen molar-refractivity contribution in [2.75, 3.05) is 16.8 Å². The van der Waals surface area contributed by atoms with Crippen LogP contribution in [0.5, 0.6) is 11.5 Å². The number of hydrogen-bond acceptors (Lipinski definition) is 8. The van der Waals surface area contributed by atoms with Crippen LogP contribution in [0.4, 0.5) is 11.4 Å². The van der Waals surface area contributed by atoms with Crippen LogP contribution in [0.2, 0.25) is 0 Å². The molecule has 4 N–H and O–H groups in total. The van der Waals surface area contributed by atoms with Crippen LogP contribution >= 0.6 is 0 Å². The molecular weight excluding hydrogens is 502 g/mol. The third kappa shape index (κ3) is 3.59. The SMILES string of the molecule is CCOC(=O)c1ccc(N2C(=O)[C@@H]3[C@@H](C2=O)[C@]2(N[C@@H]3Cc3ccc(O)c(O)c3)C(=O)Nc3ccccc32)cc1. The third-order valence-corrected chi connectivity index (χ3v) is 7.75. The van der Waals surface area contributed by atoms with E-state index >= 15 is 0 Å². The Balaban J connectivity index is 1.42. The van der Waals surface area contributed by atoms with Crippen LogP contribution in [0.15, 0.2) is 66.7 Å². The Kier molecular flexibility index (Phi) is 5.65. The monoisotopic (exact) mass is 527 g/mol. The fourth-order valence-electron chi connectivity index (χ4n) is 6.10. The molecule has 2 saturated heterocycles. The Morgan fingerprint density at radius 3 is 2.44 bits per heavy atom. The molecule has 3 aliphatic heterocycles. The normalized spacial score (nSPS) is 25.1. The number of aromatic hydroxyl groups is 2. The van der Waals surface area contributed by atoms with E-state index in [4.69, 9.17) is 4.74 Å². The van der Waals surface area contributed by atoms with Crippen LogP contribution in [-0.4, -0.2) is 46.6 Å². The summed E-state index contributed by atoms with van der Waals surface area (Å²) in [5, 5.41) is 26.0. The lowest BCUT2D eigenvalue weighted by Crippen LogP contribution is -2.53. The van der Waals surface area contributed by atoms with Crippen molar-refractivity contribution in [2.24, 2.45) is 11.8 Å². The average molecular weight is 528 g/mol. The number of esters is 1. The fraction of sp³-hybridized carbons (Fsp3) is 0.241. The third-order valence-electron chi connectivity index (χ3n) is 7.75. The molecule has 0 aromatic heterocycles. The zero-order valence-corrected chi connectivity index (χ0v) is 20.9. The summed E-state index contributed by atoms with van der Waals surface area (Å²) in [5.74, 6) is -4.44. The zero-order valence-electron chi connectivity index (χ0n) is 20.9. The van der Waals surface area contributed by atoms with E-state index < -0.39 is 47.1 Å². The Morgan fingerprint density at radius 2 is 1.72 bits per heavy atom. The first-order valence-electron chi connectivity index (χ1n) is 12.6. The van der Waals surface area contributed by atoms with Crippen molar-refractivity contribution in [3.05, 3.63) is 83.4 Å². The minimum Gasteiger partial charge on any atom is -0.504 e. The quantitative estimate of drug-likeness (QED) is 0.225. The number of nitrogens with zero attached hydrogens (tertiary/aromatic N) is 1. The predicted molar refractivity (Wildman–Crippen MR) is 139 cm³/mol. The molecule has 3 aromatic rings. The van der Waals surface area contributed by atoms with Gasteiger partial charge in [-0.25, -0.2) is 9.69 Å². The minimum absolute atomic E-state index is 0.209. The predicted octanol–water partition coefficient (Wildman–Crippen LogP) is 2.44. The number of anilines is 2. The number of nitrogens with one attached hydrogen (secondary N) is 2. The van der Waals surface area contributed by atoms with Gasteiger partial charge in [-0.2, -0.15) is 0 Å². The molecule has 3 aliphatic rings. The Morgan fingerprint density at radius 1 is 0.974 bits per heavy atom. The van der Waals surface area contributed by atoms with E-state index in [0.717, 1.165) is 4.90 Å². The first-order chi connectivity index (χ1) is 18.8. The maximum atomic E-state index is 14.1. The summed E-state index contributed by atoms with van der Waals surface area (Å²) in [4.78, 5) is 54.8. The molecule has 3 aromatic carbocycles. The van der Waals surface area contributed by atoms with Gasteiger partial charge in [0.15, 0.2) is 11.5 Å². The smallest absolute Gasteiger partial charge is 0.338 e. The second-order valence-corrected chi connectivity index (χ2v) is 9.87. The fourth-order valence-corrected chi connectivity index (χ4v) is 6.10. The van der Waals surface area contributed by atoms with Crippen molar-refractivity contribution < 1.29 is 34.1 Å². The molecule has 39 heavy (non-hydrogen) atoms. The van der Waals surface area contributed by atoms with E-state index in [0.29, 0.717) is 16.8 Å². The highest BCUT2D eigenvalue weighted by atomic mass is 16.5. The van der Waals surface area contributed by atoms with Gasteiger partial charge in [0.05, 0.1) is 29.7 Å². The van der Waals surface area contributed by atoms with Crippen LogP contribution < -0.4 is 15.5 Å². The van der Waals surface area contributed by atoms with E-state index in [1.807, 2.05) is 0 Å². The molecule has 0 saturated carbocycles. The number of ether oxygens (including phenoxy) is 1. The standard InChI is InChI=1S/C29H25N3O7/c1-2-39-27(37)16-8-10-17(11-9-16)32-25(35)23-20(13-15-7-12-21(33)22(34)14-15)31-29(24(23)26(32)36)18-5-3-4-6-19(18)30-28(29)38/h3-12,14,20,23-24,31,33-34H,2,13H2,1H3,(H,30,38)/t20-,23+,24+,29+/m1/s1. The first-order valence-corrected chi connectivity index (χ1v) is 12.6. The van der Waals surface area contributed by atoms with Gasteiger partial charge in [-0.05, 0) is 61.4 Å². The van der Waals surface area contributed by atoms with Gasteiger partial charge in [0.25, 0.3) is 0 Å². The molecule has 10 nitrogen and oxygen atoms in total. The molecule has 0 unspecified atom stereocenters. The van der Waals surface area contributed by atoms with Crippen molar-refractivity contribution in [2.45, 2.75) is 24.9 Å². The van der Waals surface area contributed by atoms with Crippen LogP contribution in [-0.2, 0) is 31.1 Å². The largest absolute Gasteiger partial charge is 0.504 e. The van der Waals surface area contributed by atoms with Gasteiger partial charge >= 0.3 is 5.97 Å². The number of amides is 3. The minimum atomic E-state index is -1.47. The lowest BCUT2D eigenvalue weighted by molar-refractivity contribution is -0.130. The van der Waals surface area contributed by atoms with Crippen molar-refractivity contribution >= 4 is 35.1 Å². The van der Waals surface area contributed by atoms with Crippen LogP contribution in [0, 0.1) is 11.8 Å². The highest BCUT2D eigenvalue weighted by Gasteiger charge is 2.70. The number of fused-ring (bicyclic) bond motifs is 4. The number of para-hydroxylation sites is 1. The number of rotatable bonds is 5. The molecule has 0 radical (unpaired) electrons. The highest BCUT2D eigenvalue weighted by Crippen LogP contribution is 2.53. The summed E-state index contributed by atoms with van der Waals surface area (Å²) in [6.45, 7) is 1.91. The van der Waals surface area contributed by atoms with Gasteiger partial charge in [-0.1, -0.05) is 24.3 Å². The highest BCUT2D eigenvalue weighted by molar-refractivity contribution is 6.25. The van der Waals surface area contributed by atoms with Crippen molar-refractivity contribution in [3.8, 4) is 11.5 Å². The number of hydrogen-bond donors (Lipinski definition) is 4. The number of phenolic OH excluding ortho intramolecular Hbond substituents is 2. The summed E-state index contributed by atoms with van der Waals surface area (Å²) >= 11 is 0. The van der Waals surface area contributed by atoms with Crippen molar-refractivity contribution in [1.29, 1.82) is 0 Å². The molecule has 2 fully saturated rings. The van der Waals surface area contributed by atoms with Gasteiger partial charge < -0.3 is 20.3 Å². The van der Waals surface area contributed by atoms with Crippen molar-refractivity contribution in [1.82, 2.24) is 5.32 Å². The molecule has 4 atom stereocenters. The van der Waals surface area contributed by atoms with Crippen LogP contribution in [0.3, 0.4) is 0 Å². The Hall–Kier alpha value is -4.70. The summed E-state index contributed by atoms with van der Waals surface area (Å²) in [5.41, 5.74) is 0.859. The molecule has 0 bridgehead atoms. The lowest BCUT2D eigenvalue weighted by Gasteiger charge is -2.29.